The predicted octanol–water partition coefficient (Wildman–Crippen LogP) is 6.08. The Morgan fingerprint density at radius 3 is 2.02 bits per heavy atom. The Bertz CT molecular complexity index is 1880. The molecule has 3 fully saturated rings. The first-order valence-corrected chi connectivity index (χ1v) is 16.2. The fourth-order valence-electron chi connectivity index (χ4n) is 7.77. The number of aromatic hydroxyl groups is 1. The van der Waals surface area contributed by atoms with E-state index in [1.54, 1.807) is 30.3 Å². The summed E-state index contributed by atoms with van der Waals surface area (Å²) in [6.45, 7) is 0. The topological polar surface area (TPSA) is 113 Å². The summed E-state index contributed by atoms with van der Waals surface area (Å²) in [5.41, 5.74) is 1.20. The van der Waals surface area contributed by atoms with Crippen LogP contribution in [0.2, 0.25) is 0 Å². The molecule has 3 aromatic rings. The Morgan fingerprint density at radius 2 is 1.43 bits per heavy atom. The van der Waals surface area contributed by atoms with Gasteiger partial charge in [-0.15, -0.1) is 23.2 Å². The van der Waals surface area contributed by atoms with Crippen molar-refractivity contribution in [3.63, 3.8) is 0 Å². The summed E-state index contributed by atoms with van der Waals surface area (Å²) >= 11 is 18.3. The predicted molar refractivity (Wildman–Crippen MR) is 174 cm³/mol. The van der Waals surface area contributed by atoms with E-state index in [1.165, 1.54) is 38.5 Å². The fraction of sp³-hybridized carbons (Fsp3) is 0.294. The summed E-state index contributed by atoms with van der Waals surface area (Å²) in [6.07, 6.45) is 1.69. The van der Waals surface area contributed by atoms with E-state index in [4.69, 9.17) is 32.7 Å². The number of phenolic OH excluding ortho intramolecular Hbond substituents is 1. The standard InChI is InChI=1S/C34H26BrCl2FN2O7/c1-46-24-13-20(41)14-25(47-2)27(24)28-21-11-12-22-26(30(43)39(29(22)42)18-7-3-16(35)4-8-18)23(21)15-33(36)31(44)40(32(45)34(28,33)37)19-9-5-17(38)6-10-19/h3-11,13-14,22-23,26,28,41H,12,15H2,1-2H3/t22-,23+,26-,28+,33+,34-/m0/s1. The van der Waals surface area contributed by atoms with Gasteiger partial charge in [0.2, 0.25) is 11.8 Å². The number of hydrogen-bond donors (Lipinski definition) is 1. The van der Waals surface area contributed by atoms with Crippen molar-refractivity contribution in [1.82, 2.24) is 0 Å². The summed E-state index contributed by atoms with van der Waals surface area (Å²) in [6, 6.07) is 14.2. The third kappa shape index (κ3) is 4.32. The maximum atomic E-state index is 14.6. The fourth-order valence-corrected chi connectivity index (χ4v) is 8.95. The quantitative estimate of drug-likeness (QED) is 0.192. The summed E-state index contributed by atoms with van der Waals surface area (Å²) in [7, 11) is 2.72. The molecule has 4 aliphatic rings. The Morgan fingerprint density at radius 1 is 0.851 bits per heavy atom. The summed E-state index contributed by atoms with van der Waals surface area (Å²) in [4.78, 5) is 54.8. The first-order valence-electron chi connectivity index (χ1n) is 14.7. The van der Waals surface area contributed by atoms with Gasteiger partial charge in [-0.05, 0) is 67.3 Å². The van der Waals surface area contributed by atoms with Gasteiger partial charge in [0.05, 0.1) is 37.4 Å². The molecule has 2 aliphatic heterocycles. The first kappa shape index (κ1) is 31.7. The average Bonchev–Trinajstić information content (AvgIpc) is 3.39. The zero-order valence-electron chi connectivity index (χ0n) is 24.9. The summed E-state index contributed by atoms with van der Waals surface area (Å²) < 4.78 is 26.0. The number of nitrogens with zero attached hydrogens (tertiary/aromatic N) is 2. The number of methoxy groups -OCH3 is 2. The van der Waals surface area contributed by atoms with Crippen molar-refractivity contribution in [1.29, 1.82) is 0 Å². The van der Waals surface area contributed by atoms with Crippen LogP contribution in [0.5, 0.6) is 17.2 Å². The van der Waals surface area contributed by atoms with Crippen molar-refractivity contribution in [3.05, 3.63) is 88.2 Å². The van der Waals surface area contributed by atoms with Gasteiger partial charge < -0.3 is 14.6 Å². The number of halogens is 4. The van der Waals surface area contributed by atoms with E-state index in [-0.39, 0.29) is 47.2 Å². The molecular weight excluding hydrogens is 718 g/mol. The van der Waals surface area contributed by atoms with Gasteiger partial charge in [-0.3, -0.25) is 24.1 Å². The lowest BCUT2D eigenvalue weighted by molar-refractivity contribution is -0.125. The molecule has 0 unspecified atom stereocenters. The molecule has 6 atom stereocenters. The largest absolute Gasteiger partial charge is 0.508 e. The van der Waals surface area contributed by atoms with Gasteiger partial charge in [-0.1, -0.05) is 27.6 Å². The van der Waals surface area contributed by atoms with Gasteiger partial charge in [0.15, 0.2) is 9.75 Å². The molecule has 2 aliphatic carbocycles. The van der Waals surface area contributed by atoms with E-state index in [0.717, 1.165) is 26.4 Å². The lowest BCUT2D eigenvalue weighted by Gasteiger charge is -2.51. The second-order valence-corrected chi connectivity index (χ2v) is 14.2. The van der Waals surface area contributed by atoms with Crippen LogP contribution in [-0.4, -0.2) is 52.7 Å². The maximum absolute atomic E-state index is 14.6. The molecular formula is C34H26BrCl2FN2O7. The second-order valence-electron chi connectivity index (χ2n) is 12.0. The van der Waals surface area contributed by atoms with Crippen LogP contribution in [0, 0.1) is 23.6 Å². The van der Waals surface area contributed by atoms with Crippen LogP contribution in [0.15, 0.2) is 76.8 Å². The van der Waals surface area contributed by atoms with Gasteiger partial charge in [0, 0.05) is 28.1 Å². The van der Waals surface area contributed by atoms with Crippen LogP contribution in [0.3, 0.4) is 0 Å². The van der Waals surface area contributed by atoms with Gasteiger partial charge in [0.25, 0.3) is 11.8 Å². The van der Waals surface area contributed by atoms with E-state index in [9.17, 15) is 28.7 Å². The second kappa shape index (κ2) is 11.1. The van der Waals surface area contributed by atoms with Crippen molar-refractivity contribution in [2.45, 2.75) is 28.5 Å². The molecule has 1 N–H and O–H groups in total. The number of anilines is 2. The Balaban J connectivity index is 1.45. The highest BCUT2D eigenvalue weighted by molar-refractivity contribution is 9.10. The van der Waals surface area contributed by atoms with Crippen LogP contribution in [0.1, 0.15) is 24.3 Å². The van der Waals surface area contributed by atoms with E-state index in [1.807, 2.05) is 0 Å². The van der Waals surface area contributed by atoms with Crippen LogP contribution in [0.25, 0.3) is 0 Å². The zero-order chi connectivity index (χ0) is 33.6. The number of imide groups is 2. The molecule has 7 rings (SSSR count). The van der Waals surface area contributed by atoms with Gasteiger partial charge in [-0.2, -0.15) is 0 Å². The number of fused-ring (bicyclic) bond motifs is 4. The molecule has 1 saturated carbocycles. The minimum atomic E-state index is -2.20. The highest BCUT2D eigenvalue weighted by Gasteiger charge is 2.77. The number of alkyl halides is 2. The third-order valence-electron chi connectivity index (χ3n) is 9.80. The minimum absolute atomic E-state index is 0.0580. The molecule has 242 valence electrons. The van der Waals surface area contributed by atoms with Crippen molar-refractivity contribution in [2.24, 2.45) is 17.8 Å². The lowest BCUT2D eigenvalue weighted by Crippen LogP contribution is -2.60. The number of amides is 4. The lowest BCUT2D eigenvalue weighted by atomic mass is 9.56. The highest BCUT2D eigenvalue weighted by atomic mass is 79.9. The number of benzene rings is 3. The number of ether oxygens (including phenoxy) is 2. The Hall–Kier alpha value is -3.93. The molecule has 0 bridgehead atoms. The summed E-state index contributed by atoms with van der Waals surface area (Å²) in [5.74, 6) is -6.86. The maximum Gasteiger partial charge on any atom is 0.258 e. The van der Waals surface area contributed by atoms with Gasteiger partial charge >= 0.3 is 0 Å². The first-order chi connectivity index (χ1) is 22.4. The average molecular weight is 744 g/mol. The molecule has 13 heteroatoms. The van der Waals surface area contributed by atoms with Crippen LogP contribution < -0.4 is 19.3 Å². The number of carbonyl (C=O) groups excluding carboxylic acids is 4. The monoisotopic (exact) mass is 742 g/mol. The van der Waals surface area contributed by atoms with E-state index >= 15 is 0 Å². The molecule has 2 saturated heterocycles. The molecule has 9 nitrogen and oxygen atoms in total. The normalized spacial score (nSPS) is 29.8. The van der Waals surface area contributed by atoms with Crippen molar-refractivity contribution in [3.8, 4) is 17.2 Å². The molecule has 3 aromatic carbocycles. The molecule has 0 spiro atoms. The Labute approximate surface area is 286 Å². The molecule has 0 radical (unpaired) electrons. The number of hydrogen-bond acceptors (Lipinski definition) is 7. The number of allylic oxidation sites excluding steroid dienone is 2. The number of phenols is 1. The van der Waals surface area contributed by atoms with E-state index in [0.29, 0.717) is 11.3 Å². The molecule has 4 amide bonds. The highest BCUT2D eigenvalue weighted by Crippen LogP contribution is 2.67. The zero-order valence-corrected chi connectivity index (χ0v) is 28.0. The van der Waals surface area contributed by atoms with Gasteiger partial charge in [-0.25, -0.2) is 9.29 Å². The van der Waals surface area contributed by atoms with Crippen molar-refractivity contribution < 1.29 is 38.1 Å². The molecule has 2 heterocycles. The van der Waals surface area contributed by atoms with E-state index < -0.39 is 57.0 Å². The molecule has 47 heavy (non-hydrogen) atoms. The van der Waals surface area contributed by atoms with Gasteiger partial charge in [0.1, 0.15) is 23.1 Å². The van der Waals surface area contributed by atoms with Crippen molar-refractivity contribution >= 4 is 74.1 Å². The van der Waals surface area contributed by atoms with Crippen LogP contribution in [-0.2, 0) is 19.2 Å². The number of carbonyl (C=O) groups is 4. The SMILES string of the molecule is COc1cc(O)cc(OC)c1[C@H]1C2=CC[C@@H]3C(=O)N(c4ccc(Br)cc4)C(=O)[C@@H]3[C@@H]2C[C@@]2(Cl)C(=O)N(c3ccc(F)cc3)C(=O)[C@@]12Cl. The van der Waals surface area contributed by atoms with Crippen molar-refractivity contribution in [2.75, 3.05) is 24.0 Å². The Kier molecular flexibility index (Phi) is 7.46. The third-order valence-corrected chi connectivity index (χ3v) is 11.7. The van der Waals surface area contributed by atoms with E-state index in [2.05, 4.69) is 15.9 Å². The van der Waals surface area contributed by atoms with Crippen LogP contribution in [0.4, 0.5) is 15.8 Å². The van der Waals surface area contributed by atoms with Crippen LogP contribution >= 0.6 is 39.1 Å². The number of rotatable bonds is 5. The summed E-state index contributed by atoms with van der Waals surface area (Å²) in [5, 5.41) is 10.5. The molecule has 0 aromatic heterocycles. The smallest absolute Gasteiger partial charge is 0.258 e. The minimum Gasteiger partial charge on any atom is -0.508 e.